The largest absolute Gasteiger partial charge is 0.240 e. The van der Waals surface area contributed by atoms with Crippen molar-refractivity contribution in [1.29, 1.82) is 0 Å². The molecule has 3 nitrogen and oxygen atoms in total. The smallest absolute Gasteiger partial charge is 0.208 e. The summed E-state index contributed by atoms with van der Waals surface area (Å²) >= 11 is 0. The van der Waals surface area contributed by atoms with Crippen LogP contribution >= 0.6 is 0 Å². The molecule has 0 fully saturated rings. The zero-order valence-corrected chi connectivity index (χ0v) is 11.2. The van der Waals surface area contributed by atoms with E-state index in [0.29, 0.717) is 4.90 Å². The van der Waals surface area contributed by atoms with Crippen molar-refractivity contribution in [3.63, 3.8) is 0 Å². The van der Waals surface area contributed by atoms with Gasteiger partial charge in [-0.2, -0.15) is 0 Å². The summed E-state index contributed by atoms with van der Waals surface area (Å²) in [5, 5.41) is 0. The fraction of sp³-hybridized carbons (Fsp3) is 0.538. The molecular formula is C13H19NO2S. The molecule has 1 aliphatic carbocycles. The van der Waals surface area contributed by atoms with Crippen molar-refractivity contribution in [2.45, 2.75) is 50.5 Å². The maximum Gasteiger partial charge on any atom is 0.240 e. The third kappa shape index (κ3) is 2.69. The van der Waals surface area contributed by atoms with Crippen molar-refractivity contribution in [3.05, 3.63) is 29.3 Å². The number of rotatable bonds is 4. The van der Waals surface area contributed by atoms with Crippen LogP contribution in [0.15, 0.2) is 23.1 Å². The van der Waals surface area contributed by atoms with Gasteiger partial charge in [0, 0.05) is 6.04 Å². The third-order valence-electron chi connectivity index (χ3n) is 3.35. The van der Waals surface area contributed by atoms with Crippen molar-refractivity contribution in [2.75, 3.05) is 0 Å². The van der Waals surface area contributed by atoms with Crippen molar-refractivity contribution in [3.8, 4) is 0 Å². The second kappa shape index (κ2) is 4.78. The van der Waals surface area contributed by atoms with E-state index in [4.69, 9.17) is 0 Å². The first-order valence-corrected chi connectivity index (χ1v) is 7.65. The van der Waals surface area contributed by atoms with E-state index in [2.05, 4.69) is 4.72 Å². The fourth-order valence-corrected chi connectivity index (χ4v) is 3.51. The number of aryl methyl sites for hydroxylation is 2. The highest BCUT2D eigenvalue weighted by Gasteiger charge is 2.19. The Hall–Kier alpha value is -0.870. The molecule has 17 heavy (non-hydrogen) atoms. The summed E-state index contributed by atoms with van der Waals surface area (Å²) in [5.74, 6) is 0. The molecular weight excluding hydrogens is 234 g/mol. The van der Waals surface area contributed by atoms with Crippen LogP contribution in [-0.2, 0) is 22.9 Å². The summed E-state index contributed by atoms with van der Waals surface area (Å²) < 4.78 is 26.9. The second-order valence-corrected chi connectivity index (χ2v) is 6.43. The molecule has 1 aromatic rings. The third-order valence-corrected chi connectivity index (χ3v) is 4.94. The molecule has 0 amide bonds. The summed E-state index contributed by atoms with van der Waals surface area (Å²) in [4.78, 5) is 0.401. The van der Waals surface area contributed by atoms with Gasteiger partial charge in [-0.1, -0.05) is 13.0 Å². The minimum absolute atomic E-state index is 0.0201. The van der Waals surface area contributed by atoms with Gasteiger partial charge in [0.1, 0.15) is 0 Å². The van der Waals surface area contributed by atoms with E-state index in [9.17, 15) is 8.42 Å². The first kappa shape index (κ1) is 12.6. The van der Waals surface area contributed by atoms with E-state index in [1.165, 1.54) is 11.1 Å². The van der Waals surface area contributed by atoms with Gasteiger partial charge < -0.3 is 0 Å². The number of fused-ring (bicyclic) bond motifs is 1. The first-order valence-electron chi connectivity index (χ1n) is 6.17. The van der Waals surface area contributed by atoms with Gasteiger partial charge in [-0.3, -0.25) is 0 Å². The van der Waals surface area contributed by atoms with Crippen LogP contribution in [0.3, 0.4) is 0 Å². The van der Waals surface area contributed by atoms with Crippen LogP contribution in [0.5, 0.6) is 0 Å². The summed E-state index contributed by atoms with van der Waals surface area (Å²) in [7, 11) is -3.34. The maximum atomic E-state index is 12.1. The molecule has 0 aromatic heterocycles. The SMILES string of the molecule is CC[C@H](C)NS(=O)(=O)c1ccc2c(c1)CCC2. The molecule has 94 valence electrons. The summed E-state index contributed by atoms with van der Waals surface area (Å²) in [5.41, 5.74) is 2.49. The quantitative estimate of drug-likeness (QED) is 0.894. The summed E-state index contributed by atoms with van der Waals surface area (Å²) in [6.07, 6.45) is 4.01. The molecule has 0 saturated heterocycles. The van der Waals surface area contributed by atoms with E-state index < -0.39 is 10.0 Å². The molecule has 0 aliphatic heterocycles. The van der Waals surface area contributed by atoms with E-state index in [1.54, 1.807) is 6.07 Å². The highest BCUT2D eigenvalue weighted by Crippen LogP contribution is 2.24. The van der Waals surface area contributed by atoms with Gasteiger partial charge in [0.2, 0.25) is 10.0 Å². The van der Waals surface area contributed by atoms with Crippen LogP contribution in [-0.4, -0.2) is 14.5 Å². The van der Waals surface area contributed by atoms with Crippen molar-refractivity contribution in [2.24, 2.45) is 0 Å². The molecule has 0 radical (unpaired) electrons. The van der Waals surface area contributed by atoms with E-state index >= 15 is 0 Å². The zero-order valence-electron chi connectivity index (χ0n) is 10.4. The van der Waals surface area contributed by atoms with Crippen molar-refractivity contribution >= 4 is 10.0 Å². The highest BCUT2D eigenvalue weighted by atomic mass is 32.2. The number of benzene rings is 1. The predicted octanol–water partition coefficient (Wildman–Crippen LogP) is 2.25. The number of hydrogen-bond acceptors (Lipinski definition) is 2. The van der Waals surface area contributed by atoms with E-state index in [0.717, 1.165) is 25.7 Å². The lowest BCUT2D eigenvalue weighted by atomic mass is 10.1. The van der Waals surface area contributed by atoms with Crippen molar-refractivity contribution < 1.29 is 8.42 Å². The number of sulfonamides is 1. The Bertz CT molecular complexity index is 508. The average Bonchev–Trinajstić information content (AvgIpc) is 2.75. The Morgan fingerprint density at radius 3 is 2.71 bits per heavy atom. The van der Waals surface area contributed by atoms with Gasteiger partial charge in [0.15, 0.2) is 0 Å². The van der Waals surface area contributed by atoms with Crippen LogP contribution in [0.1, 0.15) is 37.8 Å². The maximum absolute atomic E-state index is 12.1. The molecule has 4 heteroatoms. The lowest BCUT2D eigenvalue weighted by Crippen LogP contribution is -2.32. The molecule has 0 spiro atoms. The van der Waals surface area contributed by atoms with E-state index in [-0.39, 0.29) is 6.04 Å². The molecule has 0 saturated carbocycles. The second-order valence-electron chi connectivity index (χ2n) is 4.71. The van der Waals surface area contributed by atoms with Crippen molar-refractivity contribution in [1.82, 2.24) is 4.72 Å². The van der Waals surface area contributed by atoms with Gasteiger partial charge in [0.05, 0.1) is 4.90 Å². The Labute approximate surface area is 103 Å². The highest BCUT2D eigenvalue weighted by molar-refractivity contribution is 7.89. The Kier molecular flexibility index (Phi) is 3.54. The average molecular weight is 253 g/mol. The topological polar surface area (TPSA) is 46.2 Å². The van der Waals surface area contributed by atoms with Gasteiger partial charge in [-0.15, -0.1) is 0 Å². The zero-order chi connectivity index (χ0) is 12.5. The van der Waals surface area contributed by atoms with Gasteiger partial charge >= 0.3 is 0 Å². The van der Waals surface area contributed by atoms with Crippen LogP contribution in [0.2, 0.25) is 0 Å². The lowest BCUT2D eigenvalue weighted by Gasteiger charge is -2.12. The van der Waals surface area contributed by atoms with Crippen LogP contribution < -0.4 is 4.72 Å². The van der Waals surface area contributed by atoms with Crippen LogP contribution in [0, 0.1) is 0 Å². The van der Waals surface area contributed by atoms with Gasteiger partial charge in [-0.25, -0.2) is 13.1 Å². The Balaban J connectivity index is 2.28. The van der Waals surface area contributed by atoms with Gasteiger partial charge in [0.25, 0.3) is 0 Å². The molecule has 1 N–H and O–H groups in total. The Morgan fingerprint density at radius 2 is 2.00 bits per heavy atom. The predicted molar refractivity (Wildman–Crippen MR) is 68.5 cm³/mol. The van der Waals surface area contributed by atoms with E-state index in [1.807, 2.05) is 26.0 Å². The molecule has 1 aliphatic rings. The number of nitrogens with one attached hydrogen (secondary N) is 1. The number of hydrogen-bond donors (Lipinski definition) is 1. The molecule has 0 unspecified atom stereocenters. The monoisotopic (exact) mass is 253 g/mol. The lowest BCUT2D eigenvalue weighted by molar-refractivity contribution is 0.556. The van der Waals surface area contributed by atoms with Gasteiger partial charge in [-0.05, 0) is 55.9 Å². The first-order chi connectivity index (χ1) is 8.03. The minimum atomic E-state index is -3.34. The van der Waals surface area contributed by atoms with Crippen LogP contribution in [0.25, 0.3) is 0 Å². The molecule has 0 bridgehead atoms. The van der Waals surface area contributed by atoms with Crippen LogP contribution in [0.4, 0.5) is 0 Å². The molecule has 0 heterocycles. The normalized spacial score (nSPS) is 16.8. The molecule has 1 aromatic carbocycles. The fourth-order valence-electron chi connectivity index (χ4n) is 2.13. The molecule has 1 atom stereocenters. The molecule has 2 rings (SSSR count). The standard InChI is InChI=1S/C13H19NO2S/c1-3-10(2)14-17(15,16)13-8-7-11-5-4-6-12(11)9-13/h7-10,14H,3-6H2,1-2H3/t10-/m0/s1. The Morgan fingerprint density at radius 1 is 1.29 bits per heavy atom. The minimum Gasteiger partial charge on any atom is -0.208 e. The summed E-state index contributed by atoms with van der Waals surface area (Å²) in [6, 6.07) is 5.48. The summed E-state index contributed by atoms with van der Waals surface area (Å²) in [6.45, 7) is 3.85.